The molecule has 0 atom stereocenters. The van der Waals surface area contributed by atoms with Crippen molar-refractivity contribution < 1.29 is 30.0 Å². The minimum absolute atomic E-state index is 0.262. The summed E-state index contributed by atoms with van der Waals surface area (Å²) in [5.74, 6) is 0. The molecule has 2 rings (SSSR count). The Morgan fingerprint density at radius 2 is 1.58 bits per heavy atom. The first-order valence-electron chi connectivity index (χ1n) is 6.64. The zero-order valence-corrected chi connectivity index (χ0v) is 14.9. The summed E-state index contributed by atoms with van der Waals surface area (Å²) in [5.41, 5.74) is 1.30. The minimum Gasteiger partial charge on any atom is -0.396 e. The highest BCUT2D eigenvalue weighted by atomic mass is 32.2. The maximum Gasteiger partial charge on any atom is 0.417 e. The van der Waals surface area contributed by atoms with Crippen LogP contribution in [0.1, 0.15) is 5.56 Å². The van der Waals surface area contributed by atoms with Crippen LogP contribution in [0.25, 0.3) is 5.69 Å². The van der Waals surface area contributed by atoms with Crippen LogP contribution in [0.2, 0.25) is 0 Å². The molecule has 2 aromatic rings. The zero-order chi connectivity index (χ0) is 20.1. The lowest BCUT2D eigenvalue weighted by Gasteiger charge is -2.16. The highest BCUT2D eigenvalue weighted by Gasteiger charge is 2.38. The van der Waals surface area contributed by atoms with E-state index in [-0.39, 0.29) is 4.68 Å². The van der Waals surface area contributed by atoms with Gasteiger partial charge in [-0.3, -0.25) is 4.79 Å². The van der Waals surface area contributed by atoms with Crippen LogP contribution in [0, 0.1) is 0 Å². The Bertz CT molecular complexity index is 1150. The van der Waals surface area contributed by atoms with E-state index in [1.54, 1.807) is 0 Å². The molecule has 0 aliphatic rings. The molecule has 0 aliphatic carbocycles. The molecular formula is C13H12F3N3O5S2. The fourth-order valence-electron chi connectivity index (χ4n) is 2.30. The van der Waals surface area contributed by atoms with Gasteiger partial charge in [-0.2, -0.15) is 23.0 Å². The van der Waals surface area contributed by atoms with E-state index >= 15 is 0 Å². The molecule has 0 radical (unpaired) electrons. The third kappa shape index (κ3) is 3.58. The maximum atomic E-state index is 13.2. The normalized spacial score (nSPS) is 13.0. The highest BCUT2D eigenvalue weighted by Crippen LogP contribution is 2.36. The van der Waals surface area contributed by atoms with Crippen molar-refractivity contribution in [2.45, 2.75) is 16.0 Å². The molecule has 0 amide bonds. The van der Waals surface area contributed by atoms with E-state index in [1.165, 1.54) is 0 Å². The van der Waals surface area contributed by atoms with Crippen molar-refractivity contribution in [1.29, 1.82) is 0 Å². The smallest absolute Gasteiger partial charge is 0.396 e. The molecule has 0 bridgehead atoms. The van der Waals surface area contributed by atoms with E-state index in [4.69, 9.17) is 5.73 Å². The van der Waals surface area contributed by atoms with Crippen molar-refractivity contribution in [3.63, 3.8) is 0 Å². The monoisotopic (exact) mass is 411 g/mol. The molecule has 0 saturated heterocycles. The standard InChI is InChI=1S/C13H12F3N3O5S2/c1-25(21,22)10-7(13(14,15)16)4-3-5-9(10)19-12(20)11(26(2,23)24)8(17)6-18-19/h3-6H,17H2,1-2H3. The number of aromatic nitrogens is 2. The lowest BCUT2D eigenvalue weighted by Crippen LogP contribution is -2.29. The Morgan fingerprint density at radius 1 is 1.04 bits per heavy atom. The molecule has 0 saturated carbocycles. The summed E-state index contributed by atoms with van der Waals surface area (Å²) in [6.45, 7) is 0. The molecule has 1 heterocycles. The van der Waals surface area contributed by atoms with Crippen LogP contribution in [0.3, 0.4) is 0 Å². The van der Waals surface area contributed by atoms with Gasteiger partial charge in [-0.1, -0.05) is 6.07 Å². The summed E-state index contributed by atoms with van der Waals surface area (Å²) in [6.07, 6.45) is -3.09. The number of halogens is 3. The summed E-state index contributed by atoms with van der Waals surface area (Å²) in [4.78, 5) is 10.3. The average molecular weight is 411 g/mol. The topological polar surface area (TPSA) is 129 Å². The summed E-state index contributed by atoms with van der Waals surface area (Å²) < 4.78 is 87.4. The second-order valence-corrected chi connectivity index (χ2v) is 9.25. The van der Waals surface area contributed by atoms with Crippen LogP contribution in [0.4, 0.5) is 18.9 Å². The van der Waals surface area contributed by atoms with Crippen molar-refractivity contribution in [1.82, 2.24) is 9.78 Å². The van der Waals surface area contributed by atoms with E-state index < -0.39 is 58.1 Å². The van der Waals surface area contributed by atoms with Gasteiger partial charge < -0.3 is 5.73 Å². The Morgan fingerprint density at radius 3 is 2.04 bits per heavy atom. The predicted octanol–water partition coefficient (Wildman–Crippen LogP) is 0.641. The van der Waals surface area contributed by atoms with Crippen LogP contribution in [-0.4, -0.2) is 39.1 Å². The lowest BCUT2D eigenvalue weighted by atomic mass is 10.2. The molecule has 2 N–H and O–H groups in total. The number of hydrogen-bond acceptors (Lipinski definition) is 7. The van der Waals surface area contributed by atoms with Gasteiger partial charge >= 0.3 is 6.18 Å². The number of rotatable bonds is 3. The molecule has 0 fully saturated rings. The Balaban J connectivity index is 3.04. The number of nitrogen functional groups attached to an aromatic ring is 1. The third-order valence-corrected chi connectivity index (χ3v) is 5.55. The first-order valence-corrected chi connectivity index (χ1v) is 10.4. The Hall–Kier alpha value is -2.41. The molecule has 142 valence electrons. The molecule has 0 unspecified atom stereocenters. The Kier molecular flexibility index (Phi) is 4.66. The van der Waals surface area contributed by atoms with Crippen LogP contribution in [0.5, 0.6) is 0 Å². The van der Waals surface area contributed by atoms with E-state index in [1.807, 2.05) is 0 Å². The van der Waals surface area contributed by atoms with Crippen molar-refractivity contribution in [3.05, 3.63) is 40.3 Å². The van der Waals surface area contributed by atoms with E-state index in [9.17, 15) is 34.8 Å². The summed E-state index contributed by atoms with van der Waals surface area (Å²) in [7, 11) is -8.62. The first-order chi connectivity index (χ1) is 11.7. The van der Waals surface area contributed by atoms with Crippen LogP contribution < -0.4 is 11.3 Å². The molecule has 0 aliphatic heterocycles. The first kappa shape index (κ1) is 19.9. The van der Waals surface area contributed by atoms with Crippen molar-refractivity contribution >= 4 is 25.4 Å². The molecule has 8 nitrogen and oxygen atoms in total. The van der Waals surface area contributed by atoms with Gasteiger partial charge in [0, 0.05) is 12.5 Å². The number of anilines is 1. The SMILES string of the molecule is CS(=O)(=O)c1c(-n2ncc(N)c(S(C)(=O)=O)c2=O)cccc1C(F)(F)F. The van der Waals surface area contributed by atoms with Crippen LogP contribution in [0.15, 0.2) is 39.0 Å². The number of alkyl halides is 3. The second-order valence-electron chi connectivity index (χ2n) is 5.34. The zero-order valence-electron chi connectivity index (χ0n) is 13.3. The molecule has 13 heteroatoms. The van der Waals surface area contributed by atoms with Crippen LogP contribution >= 0.6 is 0 Å². The molecule has 1 aromatic carbocycles. The highest BCUT2D eigenvalue weighted by molar-refractivity contribution is 7.91. The predicted molar refractivity (Wildman–Crippen MR) is 85.5 cm³/mol. The fourth-order valence-corrected chi connectivity index (χ4v) is 4.30. The van der Waals surface area contributed by atoms with Crippen molar-refractivity contribution in [2.24, 2.45) is 0 Å². The van der Waals surface area contributed by atoms with Gasteiger partial charge in [0.2, 0.25) is 0 Å². The largest absolute Gasteiger partial charge is 0.417 e. The van der Waals surface area contributed by atoms with Gasteiger partial charge in [-0.05, 0) is 12.1 Å². The number of sulfone groups is 2. The minimum atomic E-state index is -5.04. The van der Waals surface area contributed by atoms with E-state index in [0.717, 1.165) is 18.3 Å². The quantitative estimate of drug-likeness (QED) is 0.785. The average Bonchev–Trinajstić information content (AvgIpc) is 2.43. The summed E-state index contributed by atoms with van der Waals surface area (Å²) in [5, 5.41) is 3.50. The molecular weight excluding hydrogens is 399 g/mol. The van der Waals surface area contributed by atoms with E-state index in [2.05, 4.69) is 5.10 Å². The Labute approximate surface area is 145 Å². The van der Waals surface area contributed by atoms with Gasteiger partial charge in [-0.15, -0.1) is 0 Å². The lowest BCUT2D eigenvalue weighted by molar-refractivity contribution is -0.139. The van der Waals surface area contributed by atoms with Crippen molar-refractivity contribution in [3.8, 4) is 5.69 Å². The van der Waals surface area contributed by atoms with Gasteiger partial charge in [0.05, 0.1) is 23.1 Å². The fraction of sp³-hybridized carbons (Fsp3) is 0.231. The van der Waals surface area contributed by atoms with Gasteiger partial charge in [-0.25, -0.2) is 16.8 Å². The van der Waals surface area contributed by atoms with Gasteiger partial charge in [0.15, 0.2) is 24.6 Å². The van der Waals surface area contributed by atoms with Gasteiger partial charge in [0.1, 0.15) is 4.90 Å². The second kappa shape index (κ2) is 6.09. The molecule has 0 spiro atoms. The molecule has 26 heavy (non-hydrogen) atoms. The summed E-state index contributed by atoms with van der Waals surface area (Å²) >= 11 is 0. The number of nitrogens with zero attached hydrogens (tertiary/aromatic N) is 2. The molecule has 1 aromatic heterocycles. The number of hydrogen-bond donors (Lipinski definition) is 1. The maximum absolute atomic E-state index is 13.2. The number of nitrogens with two attached hydrogens (primary N) is 1. The van der Waals surface area contributed by atoms with E-state index in [0.29, 0.717) is 18.6 Å². The van der Waals surface area contributed by atoms with Crippen LogP contribution in [-0.2, 0) is 25.9 Å². The summed E-state index contributed by atoms with van der Waals surface area (Å²) in [6, 6.07) is 2.30. The third-order valence-electron chi connectivity index (χ3n) is 3.23. The van der Waals surface area contributed by atoms with Gasteiger partial charge in [0.25, 0.3) is 5.56 Å². The number of benzene rings is 1. The van der Waals surface area contributed by atoms with Crippen molar-refractivity contribution in [2.75, 3.05) is 18.2 Å².